The van der Waals surface area contributed by atoms with Crippen LogP contribution in [0.3, 0.4) is 0 Å². The molecule has 0 atom stereocenters. The Morgan fingerprint density at radius 3 is 2.57 bits per heavy atom. The normalized spacial score (nSPS) is 14.0. The second-order valence-electron chi connectivity index (χ2n) is 5.40. The number of carbonyl (C=O) groups excluding carboxylic acids is 1. The van der Waals surface area contributed by atoms with E-state index in [4.69, 9.17) is 0 Å². The molecule has 3 nitrogen and oxygen atoms in total. The third kappa shape index (κ3) is 3.79. The Morgan fingerprint density at radius 1 is 1.17 bits per heavy atom. The van der Waals surface area contributed by atoms with Gasteiger partial charge in [-0.1, -0.05) is 41.6 Å². The number of amidine groups is 1. The zero-order chi connectivity index (χ0) is 16.2. The molecule has 0 saturated carbocycles. The number of carbonyl (C=O) groups is 1. The molecular weight excluding hydrogens is 311 g/mol. The van der Waals surface area contributed by atoms with Gasteiger partial charge in [-0.25, -0.2) is 4.39 Å². The molecule has 5 heteroatoms. The van der Waals surface area contributed by atoms with Gasteiger partial charge in [-0.05, 0) is 36.8 Å². The molecule has 0 radical (unpaired) electrons. The summed E-state index contributed by atoms with van der Waals surface area (Å²) in [5.74, 6) is 0.301. The van der Waals surface area contributed by atoms with Crippen LogP contribution in [0.4, 0.5) is 4.39 Å². The number of nitrogens with zero attached hydrogens (tertiary/aromatic N) is 2. The number of rotatable bonds is 3. The molecule has 23 heavy (non-hydrogen) atoms. The minimum absolute atomic E-state index is 0.127. The van der Waals surface area contributed by atoms with Gasteiger partial charge in [0.05, 0.1) is 6.54 Å². The van der Waals surface area contributed by atoms with Gasteiger partial charge in [0, 0.05) is 17.9 Å². The van der Waals surface area contributed by atoms with Gasteiger partial charge in [0.2, 0.25) is 0 Å². The minimum atomic E-state index is -0.342. The van der Waals surface area contributed by atoms with Gasteiger partial charge >= 0.3 is 0 Å². The molecule has 1 aliphatic heterocycles. The summed E-state index contributed by atoms with van der Waals surface area (Å²) in [6.45, 7) is 3.25. The quantitative estimate of drug-likeness (QED) is 0.856. The summed E-state index contributed by atoms with van der Waals surface area (Å²) in [7, 11) is 0. The maximum absolute atomic E-state index is 13.0. The second-order valence-corrected chi connectivity index (χ2v) is 6.34. The Hall–Kier alpha value is -2.14. The highest BCUT2D eigenvalue weighted by Gasteiger charge is 2.25. The lowest BCUT2D eigenvalue weighted by Crippen LogP contribution is -2.32. The fourth-order valence-electron chi connectivity index (χ4n) is 2.32. The molecule has 0 saturated heterocycles. The molecular formula is C18H17FN2OS. The Labute approximate surface area is 139 Å². The van der Waals surface area contributed by atoms with Crippen molar-refractivity contribution in [1.29, 1.82) is 0 Å². The highest BCUT2D eigenvalue weighted by atomic mass is 32.2. The Morgan fingerprint density at radius 2 is 1.87 bits per heavy atom. The Balaban J connectivity index is 1.66. The van der Waals surface area contributed by atoms with Crippen molar-refractivity contribution in [2.45, 2.75) is 12.7 Å². The van der Waals surface area contributed by atoms with Crippen LogP contribution in [0.25, 0.3) is 0 Å². The lowest BCUT2D eigenvalue weighted by Gasteiger charge is -2.18. The van der Waals surface area contributed by atoms with E-state index in [1.807, 2.05) is 0 Å². The molecule has 0 unspecified atom stereocenters. The van der Waals surface area contributed by atoms with Gasteiger partial charge in [0.1, 0.15) is 5.82 Å². The first-order valence-electron chi connectivity index (χ1n) is 7.44. The van der Waals surface area contributed by atoms with Crippen LogP contribution in [0.15, 0.2) is 53.5 Å². The average molecular weight is 328 g/mol. The smallest absolute Gasteiger partial charge is 0.259 e. The van der Waals surface area contributed by atoms with Crippen molar-refractivity contribution in [1.82, 2.24) is 4.90 Å². The number of benzene rings is 2. The molecule has 1 heterocycles. The second kappa shape index (κ2) is 6.96. The van der Waals surface area contributed by atoms with E-state index in [0.717, 1.165) is 10.9 Å². The van der Waals surface area contributed by atoms with Crippen molar-refractivity contribution in [2.24, 2.45) is 4.99 Å². The summed E-state index contributed by atoms with van der Waals surface area (Å²) < 4.78 is 13.0. The fraction of sp³-hybridized carbons (Fsp3) is 0.222. The number of amides is 1. The van der Waals surface area contributed by atoms with Gasteiger partial charge in [0.15, 0.2) is 5.17 Å². The third-order valence-electron chi connectivity index (χ3n) is 3.63. The van der Waals surface area contributed by atoms with Crippen LogP contribution < -0.4 is 0 Å². The van der Waals surface area contributed by atoms with E-state index in [2.05, 4.69) is 36.2 Å². The van der Waals surface area contributed by atoms with Crippen LogP contribution in [0.5, 0.6) is 0 Å². The zero-order valence-corrected chi connectivity index (χ0v) is 13.6. The summed E-state index contributed by atoms with van der Waals surface area (Å²) in [5, 5.41) is 0.736. The number of aryl methyl sites for hydroxylation is 1. The molecule has 0 N–H and O–H groups in total. The first kappa shape index (κ1) is 15.7. The lowest BCUT2D eigenvalue weighted by molar-refractivity contribution is 0.0860. The van der Waals surface area contributed by atoms with Crippen molar-refractivity contribution in [2.75, 3.05) is 13.1 Å². The molecule has 0 spiro atoms. The Bertz CT molecular complexity index is 726. The molecule has 1 aliphatic rings. The van der Waals surface area contributed by atoms with Gasteiger partial charge < -0.3 is 0 Å². The van der Waals surface area contributed by atoms with Gasteiger partial charge in [0.25, 0.3) is 5.91 Å². The molecule has 118 valence electrons. The van der Waals surface area contributed by atoms with Crippen LogP contribution in [0.2, 0.25) is 0 Å². The summed E-state index contributed by atoms with van der Waals surface area (Å²) in [5.41, 5.74) is 2.91. The molecule has 0 aliphatic carbocycles. The standard InChI is InChI=1S/C18H17FN2OS/c1-13-2-4-14(5-3-13)12-23-18-20-10-11-21(18)17(22)15-6-8-16(19)9-7-15/h2-9H,10-12H2,1H3. The highest BCUT2D eigenvalue weighted by Crippen LogP contribution is 2.21. The first-order valence-corrected chi connectivity index (χ1v) is 8.42. The van der Waals surface area contributed by atoms with Gasteiger partial charge in [-0.3, -0.25) is 14.7 Å². The number of halogens is 1. The van der Waals surface area contributed by atoms with E-state index in [1.54, 1.807) is 16.7 Å². The molecule has 2 aromatic carbocycles. The Kier molecular flexibility index (Phi) is 4.76. The summed E-state index contributed by atoms with van der Waals surface area (Å²) >= 11 is 1.56. The van der Waals surface area contributed by atoms with E-state index >= 15 is 0 Å². The summed E-state index contributed by atoms with van der Waals surface area (Å²) in [4.78, 5) is 18.6. The molecule has 0 bridgehead atoms. The number of thioether (sulfide) groups is 1. The molecule has 0 aromatic heterocycles. The fourth-order valence-corrected chi connectivity index (χ4v) is 3.32. The van der Waals surface area contributed by atoms with Crippen molar-refractivity contribution in [3.63, 3.8) is 0 Å². The number of hydrogen-bond acceptors (Lipinski definition) is 3. The van der Waals surface area contributed by atoms with E-state index in [-0.39, 0.29) is 11.7 Å². The SMILES string of the molecule is Cc1ccc(CSC2=NCCN2C(=O)c2ccc(F)cc2)cc1. The van der Waals surface area contributed by atoms with Crippen molar-refractivity contribution in [3.8, 4) is 0 Å². The number of aliphatic imine (C=N–C) groups is 1. The molecule has 2 aromatic rings. The summed E-state index contributed by atoms with van der Waals surface area (Å²) in [6.07, 6.45) is 0. The van der Waals surface area contributed by atoms with Crippen molar-refractivity contribution in [3.05, 3.63) is 71.0 Å². The van der Waals surface area contributed by atoms with Crippen molar-refractivity contribution < 1.29 is 9.18 Å². The molecule has 3 rings (SSSR count). The maximum Gasteiger partial charge on any atom is 0.259 e. The van der Waals surface area contributed by atoms with Crippen molar-refractivity contribution >= 4 is 22.8 Å². The maximum atomic E-state index is 13.0. The highest BCUT2D eigenvalue weighted by molar-refractivity contribution is 8.13. The lowest BCUT2D eigenvalue weighted by atomic mass is 10.2. The van der Waals surface area contributed by atoms with Crippen LogP contribution in [0.1, 0.15) is 21.5 Å². The summed E-state index contributed by atoms with van der Waals surface area (Å²) in [6, 6.07) is 14.0. The minimum Gasteiger partial charge on any atom is -0.286 e. The van der Waals surface area contributed by atoms with Crippen LogP contribution in [0, 0.1) is 12.7 Å². The van der Waals surface area contributed by atoms with E-state index in [1.165, 1.54) is 35.4 Å². The van der Waals surface area contributed by atoms with Gasteiger partial charge in [-0.2, -0.15) is 0 Å². The van der Waals surface area contributed by atoms with E-state index in [0.29, 0.717) is 18.7 Å². The van der Waals surface area contributed by atoms with Crippen LogP contribution in [-0.2, 0) is 5.75 Å². The largest absolute Gasteiger partial charge is 0.286 e. The molecule has 1 amide bonds. The predicted molar refractivity (Wildman–Crippen MR) is 92.2 cm³/mol. The topological polar surface area (TPSA) is 32.7 Å². The predicted octanol–water partition coefficient (Wildman–Crippen LogP) is 3.88. The van der Waals surface area contributed by atoms with Crippen LogP contribution in [-0.4, -0.2) is 29.1 Å². The van der Waals surface area contributed by atoms with Crippen LogP contribution >= 0.6 is 11.8 Å². The third-order valence-corrected chi connectivity index (χ3v) is 4.71. The first-order chi connectivity index (χ1) is 11.1. The monoisotopic (exact) mass is 328 g/mol. The molecule has 0 fully saturated rings. The van der Waals surface area contributed by atoms with E-state index in [9.17, 15) is 9.18 Å². The zero-order valence-electron chi connectivity index (χ0n) is 12.8. The van der Waals surface area contributed by atoms with E-state index < -0.39 is 0 Å². The van der Waals surface area contributed by atoms with Gasteiger partial charge in [-0.15, -0.1) is 0 Å². The number of hydrogen-bond donors (Lipinski definition) is 0. The average Bonchev–Trinajstić information content (AvgIpc) is 3.03.